The molecule has 1 nitrogen and oxygen atoms in total. The van der Waals surface area contributed by atoms with Gasteiger partial charge in [-0.05, 0) is 60.9 Å². The van der Waals surface area contributed by atoms with Crippen molar-refractivity contribution in [2.75, 3.05) is 5.88 Å². The molecule has 1 atom stereocenters. The largest absolute Gasteiger partial charge is 0.392 e. The Morgan fingerprint density at radius 2 is 2.00 bits per heavy atom. The van der Waals surface area contributed by atoms with E-state index in [1.54, 1.807) is 0 Å². The summed E-state index contributed by atoms with van der Waals surface area (Å²) in [7, 11) is 0. The number of aliphatic hydroxyl groups is 1. The van der Waals surface area contributed by atoms with Crippen LogP contribution in [0.4, 0.5) is 0 Å². The van der Waals surface area contributed by atoms with Crippen LogP contribution in [-0.4, -0.2) is 17.1 Å². The third kappa shape index (κ3) is 2.72. The quantitative estimate of drug-likeness (QED) is 0.813. The minimum Gasteiger partial charge on any atom is -0.392 e. The molecule has 0 amide bonds. The molecule has 17 heavy (non-hydrogen) atoms. The van der Waals surface area contributed by atoms with Crippen molar-refractivity contribution >= 4 is 17.2 Å². The number of fused-ring (bicyclic) bond motifs is 1. The number of hydrogen-bond acceptors (Lipinski definition) is 1. The van der Waals surface area contributed by atoms with Crippen LogP contribution in [-0.2, 0) is 6.42 Å². The zero-order valence-corrected chi connectivity index (χ0v) is 11.2. The second-order valence-corrected chi connectivity index (χ2v) is 5.18. The van der Waals surface area contributed by atoms with Crippen molar-refractivity contribution < 1.29 is 5.11 Å². The van der Waals surface area contributed by atoms with Gasteiger partial charge in [0.2, 0.25) is 0 Å². The molecule has 0 radical (unpaired) electrons. The second-order valence-electron chi connectivity index (χ2n) is 4.87. The Balaban J connectivity index is 2.34. The van der Waals surface area contributed by atoms with E-state index in [9.17, 15) is 5.11 Å². The van der Waals surface area contributed by atoms with E-state index in [2.05, 4.69) is 32.1 Å². The van der Waals surface area contributed by atoms with Crippen molar-refractivity contribution in [3.8, 4) is 0 Å². The van der Waals surface area contributed by atoms with Crippen molar-refractivity contribution in [3.05, 3.63) is 40.5 Å². The summed E-state index contributed by atoms with van der Waals surface area (Å²) >= 11 is 5.68. The lowest BCUT2D eigenvalue weighted by molar-refractivity contribution is 0.204. The first kappa shape index (κ1) is 12.7. The van der Waals surface area contributed by atoms with E-state index in [0.29, 0.717) is 12.3 Å². The summed E-state index contributed by atoms with van der Waals surface area (Å²) in [5, 5.41) is 9.69. The minimum atomic E-state index is -0.435. The molecule has 0 fully saturated rings. The van der Waals surface area contributed by atoms with Crippen LogP contribution in [0, 0.1) is 13.8 Å². The number of rotatable bonds is 3. The van der Waals surface area contributed by atoms with Crippen molar-refractivity contribution in [2.45, 2.75) is 39.2 Å². The molecule has 92 valence electrons. The van der Waals surface area contributed by atoms with Crippen LogP contribution in [0.25, 0.3) is 5.57 Å². The molecule has 0 spiro atoms. The Hall–Kier alpha value is -0.790. The van der Waals surface area contributed by atoms with Gasteiger partial charge in [-0.1, -0.05) is 18.2 Å². The molecule has 1 N–H and O–H groups in total. The Morgan fingerprint density at radius 1 is 1.29 bits per heavy atom. The van der Waals surface area contributed by atoms with Gasteiger partial charge >= 0.3 is 0 Å². The summed E-state index contributed by atoms with van der Waals surface area (Å²) in [5.41, 5.74) is 6.64. The van der Waals surface area contributed by atoms with Crippen LogP contribution >= 0.6 is 11.6 Å². The summed E-state index contributed by atoms with van der Waals surface area (Å²) in [5.74, 6) is 0.303. The van der Waals surface area contributed by atoms with Crippen molar-refractivity contribution in [1.82, 2.24) is 0 Å². The highest BCUT2D eigenvalue weighted by Gasteiger charge is 2.16. The van der Waals surface area contributed by atoms with E-state index in [1.165, 1.54) is 27.8 Å². The van der Waals surface area contributed by atoms with Crippen molar-refractivity contribution in [1.29, 1.82) is 0 Å². The Morgan fingerprint density at radius 3 is 2.71 bits per heavy atom. The molecule has 0 aliphatic heterocycles. The summed E-state index contributed by atoms with van der Waals surface area (Å²) in [6.07, 6.45) is 4.65. The molecule has 0 aromatic heterocycles. The number of aliphatic hydroxyl groups excluding tert-OH is 1. The van der Waals surface area contributed by atoms with Gasteiger partial charge in [0.05, 0.1) is 6.10 Å². The topological polar surface area (TPSA) is 20.2 Å². The summed E-state index contributed by atoms with van der Waals surface area (Å²) in [6.45, 7) is 4.29. The summed E-state index contributed by atoms with van der Waals surface area (Å²) in [4.78, 5) is 0. The molecule has 1 unspecified atom stereocenters. The van der Waals surface area contributed by atoms with Gasteiger partial charge in [0.25, 0.3) is 0 Å². The zero-order valence-electron chi connectivity index (χ0n) is 10.5. The number of benzene rings is 1. The van der Waals surface area contributed by atoms with E-state index < -0.39 is 6.10 Å². The number of allylic oxidation sites excluding steroid dienone is 1. The van der Waals surface area contributed by atoms with Gasteiger partial charge in [-0.2, -0.15) is 0 Å². The van der Waals surface area contributed by atoms with Crippen LogP contribution in [0.3, 0.4) is 0 Å². The zero-order chi connectivity index (χ0) is 12.4. The average molecular weight is 251 g/mol. The molecular weight excluding hydrogens is 232 g/mol. The standard InChI is InChI=1S/C15H19ClO/c1-10-6-12-4-3-5-13(8-14(17)9-16)15(12)7-11(10)2/h5-7,14,17H,3-4,8-9H2,1-2H3. The van der Waals surface area contributed by atoms with E-state index in [4.69, 9.17) is 11.6 Å². The van der Waals surface area contributed by atoms with Crippen LogP contribution in [0.2, 0.25) is 0 Å². The van der Waals surface area contributed by atoms with E-state index in [-0.39, 0.29) is 0 Å². The molecule has 1 aromatic carbocycles. The van der Waals surface area contributed by atoms with E-state index in [0.717, 1.165) is 12.8 Å². The number of halogens is 1. The summed E-state index contributed by atoms with van der Waals surface area (Å²) in [6, 6.07) is 4.53. The number of aryl methyl sites for hydroxylation is 3. The van der Waals surface area contributed by atoms with E-state index in [1.807, 2.05) is 0 Å². The maximum absolute atomic E-state index is 9.69. The number of hydrogen-bond donors (Lipinski definition) is 1. The molecule has 2 heteroatoms. The van der Waals surface area contributed by atoms with Crippen LogP contribution in [0.5, 0.6) is 0 Å². The minimum absolute atomic E-state index is 0.303. The normalized spacial score (nSPS) is 16.4. The van der Waals surface area contributed by atoms with E-state index >= 15 is 0 Å². The fourth-order valence-corrected chi connectivity index (χ4v) is 2.50. The van der Waals surface area contributed by atoms with Gasteiger partial charge in [0, 0.05) is 5.88 Å². The molecule has 0 saturated heterocycles. The highest BCUT2D eigenvalue weighted by molar-refractivity contribution is 6.18. The third-order valence-electron chi connectivity index (χ3n) is 3.50. The smallest absolute Gasteiger partial charge is 0.0715 e. The first-order valence-corrected chi connectivity index (χ1v) is 6.69. The molecule has 1 aromatic rings. The van der Waals surface area contributed by atoms with Crippen molar-refractivity contribution in [3.63, 3.8) is 0 Å². The maximum Gasteiger partial charge on any atom is 0.0715 e. The molecule has 0 saturated carbocycles. The Labute approximate surface area is 108 Å². The van der Waals surface area contributed by atoms with Crippen LogP contribution in [0.15, 0.2) is 18.2 Å². The fraction of sp³-hybridized carbons (Fsp3) is 0.467. The highest BCUT2D eigenvalue weighted by Crippen LogP contribution is 2.31. The van der Waals surface area contributed by atoms with Gasteiger partial charge in [-0.15, -0.1) is 11.6 Å². The molecular formula is C15H19ClO. The van der Waals surface area contributed by atoms with Gasteiger partial charge in [0.1, 0.15) is 0 Å². The molecule has 0 bridgehead atoms. The second kappa shape index (κ2) is 5.24. The van der Waals surface area contributed by atoms with Gasteiger partial charge in [-0.3, -0.25) is 0 Å². The predicted molar refractivity (Wildman–Crippen MR) is 73.6 cm³/mol. The Kier molecular flexibility index (Phi) is 3.90. The lowest BCUT2D eigenvalue weighted by Gasteiger charge is -2.21. The summed E-state index contributed by atoms with van der Waals surface area (Å²) < 4.78 is 0. The van der Waals surface area contributed by atoms with Crippen molar-refractivity contribution in [2.24, 2.45) is 0 Å². The Bertz CT molecular complexity index is 448. The lowest BCUT2D eigenvalue weighted by Crippen LogP contribution is -2.11. The maximum atomic E-state index is 9.69. The van der Waals surface area contributed by atoms with Crippen LogP contribution < -0.4 is 0 Å². The highest BCUT2D eigenvalue weighted by atomic mass is 35.5. The molecule has 1 aliphatic carbocycles. The molecule has 0 heterocycles. The molecule has 1 aliphatic rings. The molecule has 2 rings (SSSR count). The van der Waals surface area contributed by atoms with Gasteiger partial charge in [-0.25, -0.2) is 0 Å². The lowest BCUT2D eigenvalue weighted by atomic mass is 9.86. The van der Waals surface area contributed by atoms with Gasteiger partial charge < -0.3 is 5.11 Å². The SMILES string of the molecule is Cc1cc2c(cc1C)C(CC(O)CCl)=CCC2. The predicted octanol–water partition coefficient (Wildman–Crippen LogP) is 3.62. The first-order chi connectivity index (χ1) is 8.11. The van der Waals surface area contributed by atoms with Gasteiger partial charge in [0.15, 0.2) is 0 Å². The monoisotopic (exact) mass is 250 g/mol. The van der Waals surface area contributed by atoms with Crippen LogP contribution in [0.1, 0.15) is 35.1 Å². The first-order valence-electron chi connectivity index (χ1n) is 6.15. The number of alkyl halides is 1. The third-order valence-corrected chi connectivity index (χ3v) is 3.86. The average Bonchev–Trinajstić information content (AvgIpc) is 2.31. The fourth-order valence-electron chi connectivity index (χ4n) is 2.40.